The van der Waals surface area contributed by atoms with Gasteiger partial charge in [-0.1, -0.05) is 57.4 Å². The van der Waals surface area contributed by atoms with Crippen LogP contribution in [0.25, 0.3) is 0 Å². The molecule has 3 saturated carbocycles. The average molecular weight is 673 g/mol. The Bertz CT molecular complexity index is 1570. The minimum absolute atomic E-state index is 0.0141. The van der Waals surface area contributed by atoms with Crippen LogP contribution in [0, 0.1) is 45.8 Å². The lowest BCUT2D eigenvalue weighted by Gasteiger charge is -2.66. The van der Waals surface area contributed by atoms with Crippen molar-refractivity contribution in [2.24, 2.45) is 34.0 Å². The largest absolute Gasteiger partial charge is 0.457 e. The van der Waals surface area contributed by atoms with Gasteiger partial charge in [0.2, 0.25) is 10.9 Å². The second kappa shape index (κ2) is 12.3. The SMILES string of the molecule is CC1CC2C3CC(F)C4=CC(=O)C=CC4(C)C3(C)C(O)CC2(C)C1(OC(=O)c1ccco1)C(=O)SCC#CCOC(=O)CC(C)(C)F. The summed E-state index contributed by atoms with van der Waals surface area (Å²) in [6.07, 6.45) is 3.51. The third-order valence-electron chi connectivity index (χ3n) is 11.5. The Balaban J connectivity index is 1.46. The number of aliphatic hydroxyl groups excluding tert-OH is 1. The first-order valence-corrected chi connectivity index (χ1v) is 16.9. The Morgan fingerprint density at radius 3 is 2.55 bits per heavy atom. The number of halogens is 2. The van der Waals surface area contributed by atoms with E-state index in [9.17, 15) is 28.7 Å². The quantitative estimate of drug-likeness (QED) is 0.276. The van der Waals surface area contributed by atoms with E-state index in [0.29, 0.717) is 12.0 Å². The van der Waals surface area contributed by atoms with Gasteiger partial charge < -0.3 is 19.0 Å². The summed E-state index contributed by atoms with van der Waals surface area (Å²) in [5.74, 6) is 2.24. The molecule has 4 aliphatic carbocycles. The summed E-state index contributed by atoms with van der Waals surface area (Å²) < 4.78 is 46.3. The van der Waals surface area contributed by atoms with Crippen LogP contribution in [-0.4, -0.2) is 63.8 Å². The number of aliphatic hydroxyl groups is 1. The minimum atomic E-state index is -1.73. The highest BCUT2D eigenvalue weighted by molar-refractivity contribution is 8.14. The van der Waals surface area contributed by atoms with Crippen LogP contribution in [0.2, 0.25) is 0 Å². The van der Waals surface area contributed by atoms with Gasteiger partial charge in [0.1, 0.15) is 11.8 Å². The van der Waals surface area contributed by atoms with Crippen molar-refractivity contribution < 1.29 is 47.0 Å². The highest BCUT2D eigenvalue weighted by Crippen LogP contribution is 2.73. The van der Waals surface area contributed by atoms with Crippen LogP contribution in [0.4, 0.5) is 8.78 Å². The number of hydrogen-bond donors (Lipinski definition) is 1. The van der Waals surface area contributed by atoms with Crippen molar-refractivity contribution in [2.75, 3.05) is 12.4 Å². The molecule has 9 atom stereocenters. The first-order chi connectivity index (χ1) is 21.9. The number of alkyl halides is 2. The van der Waals surface area contributed by atoms with E-state index in [1.807, 2.05) is 27.7 Å². The topological polar surface area (TPSA) is 120 Å². The van der Waals surface area contributed by atoms with E-state index in [4.69, 9.17) is 13.9 Å². The Labute approximate surface area is 278 Å². The number of carbonyl (C=O) groups excluding carboxylic acids is 4. The smallest absolute Gasteiger partial charge is 0.375 e. The van der Waals surface area contributed by atoms with Crippen molar-refractivity contribution in [2.45, 2.75) is 90.8 Å². The molecule has 0 radical (unpaired) electrons. The van der Waals surface area contributed by atoms with Gasteiger partial charge in [0, 0.05) is 22.2 Å². The summed E-state index contributed by atoms with van der Waals surface area (Å²) >= 11 is 0.852. The number of esters is 2. The maximum absolute atomic E-state index is 16.1. The fourth-order valence-electron chi connectivity index (χ4n) is 9.03. The molecule has 8 nitrogen and oxygen atoms in total. The number of furan rings is 1. The number of ether oxygens (including phenoxy) is 2. The number of allylic oxidation sites excluding steroid dienone is 4. The standard InChI is InChI=1S/C36H42F2O8S/c1-21-16-23-24-18-26(37)25-17-22(39)11-12-33(25,4)35(24,6)28(40)19-34(23,5)36(21,46-30(42)27-10-9-14-44-27)31(43)47-15-8-7-13-45-29(41)20-32(2,3)38/h9-12,14,17,21,23-24,26,28,40H,13,15-16,18-20H2,1-6H3. The van der Waals surface area contributed by atoms with Crippen molar-refractivity contribution in [3.8, 4) is 11.8 Å². The first-order valence-electron chi connectivity index (χ1n) is 15.9. The molecule has 254 valence electrons. The molecular weight excluding hydrogens is 630 g/mol. The Morgan fingerprint density at radius 2 is 1.89 bits per heavy atom. The van der Waals surface area contributed by atoms with E-state index in [1.54, 1.807) is 6.08 Å². The normalized spacial score (nSPS) is 37.4. The van der Waals surface area contributed by atoms with Gasteiger partial charge in [0.15, 0.2) is 18.0 Å². The third-order valence-corrected chi connectivity index (χ3v) is 12.3. The van der Waals surface area contributed by atoms with Crippen LogP contribution >= 0.6 is 11.8 Å². The van der Waals surface area contributed by atoms with Gasteiger partial charge in [0.25, 0.3) is 0 Å². The van der Waals surface area contributed by atoms with Crippen LogP contribution < -0.4 is 0 Å². The Morgan fingerprint density at radius 1 is 1.17 bits per heavy atom. The molecule has 11 heteroatoms. The molecule has 5 rings (SSSR count). The van der Waals surface area contributed by atoms with E-state index in [1.165, 1.54) is 44.4 Å². The molecule has 1 heterocycles. The number of hydrogen-bond acceptors (Lipinski definition) is 9. The van der Waals surface area contributed by atoms with Gasteiger partial charge in [0.05, 0.1) is 24.5 Å². The lowest BCUT2D eigenvalue weighted by molar-refractivity contribution is -0.209. The van der Waals surface area contributed by atoms with Crippen LogP contribution in [0.1, 0.15) is 77.8 Å². The zero-order chi connectivity index (χ0) is 34.6. The highest BCUT2D eigenvalue weighted by atomic mass is 32.2. The van der Waals surface area contributed by atoms with Crippen molar-refractivity contribution in [1.82, 2.24) is 0 Å². The second-order valence-corrected chi connectivity index (χ2v) is 15.5. The summed E-state index contributed by atoms with van der Waals surface area (Å²) in [4.78, 5) is 52.0. The lowest BCUT2D eigenvalue weighted by Crippen LogP contribution is -2.68. The second-order valence-electron chi connectivity index (χ2n) is 14.6. The number of ketones is 1. The van der Waals surface area contributed by atoms with Crippen LogP contribution in [0.3, 0.4) is 0 Å². The zero-order valence-corrected chi connectivity index (χ0v) is 28.4. The monoisotopic (exact) mass is 672 g/mol. The van der Waals surface area contributed by atoms with Crippen molar-refractivity contribution in [3.63, 3.8) is 0 Å². The molecule has 9 unspecified atom stereocenters. The van der Waals surface area contributed by atoms with E-state index in [-0.39, 0.29) is 42.7 Å². The summed E-state index contributed by atoms with van der Waals surface area (Å²) in [7, 11) is 0. The molecule has 0 aliphatic heterocycles. The molecule has 0 spiro atoms. The van der Waals surface area contributed by atoms with Gasteiger partial charge in [-0.15, -0.1) is 0 Å². The average Bonchev–Trinajstić information content (AvgIpc) is 3.59. The van der Waals surface area contributed by atoms with Crippen molar-refractivity contribution >= 4 is 34.6 Å². The predicted octanol–water partition coefficient (Wildman–Crippen LogP) is 5.98. The van der Waals surface area contributed by atoms with Crippen molar-refractivity contribution in [3.05, 3.63) is 48.0 Å². The molecule has 1 N–H and O–H groups in total. The molecule has 0 bridgehead atoms. The van der Waals surface area contributed by atoms with Gasteiger partial charge in [-0.25, -0.2) is 13.6 Å². The molecule has 0 amide bonds. The molecule has 1 aromatic heterocycles. The summed E-state index contributed by atoms with van der Waals surface area (Å²) in [6.45, 7) is 9.75. The number of rotatable bonds is 7. The zero-order valence-electron chi connectivity index (χ0n) is 27.6. The maximum atomic E-state index is 16.1. The summed E-state index contributed by atoms with van der Waals surface area (Å²) in [5, 5.41) is 11.6. The summed E-state index contributed by atoms with van der Waals surface area (Å²) in [6, 6.07) is 2.98. The molecule has 1 aromatic rings. The summed E-state index contributed by atoms with van der Waals surface area (Å²) in [5.41, 5.74) is -6.00. The predicted molar refractivity (Wildman–Crippen MR) is 170 cm³/mol. The van der Waals surface area contributed by atoms with E-state index in [2.05, 4.69) is 11.8 Å². The van der Waals surface area contributed by atoms with E-state index in [0.717, 1.165) is 11.8 Å². The molecule has 47 heavy (non-hydrogen) atoms. The molecule has 3 fully saturated rings. The molecule has 0 aromatic carbocycles. The van der Waals surface area contributed by atoms with Gasteiger partial charge in [-0.2, -0.15) is 0 Å². The number of thioether (sulfide) groups is 1. The lowest BCUT2D eigenvalue weighted by atomic mass is 9.39. The molecular formula is C36H42F2O8S. The fraction of sp³-hybridized carbons (Fsp3) is 0.611. The number of fused-ring (bicyclic) bond motifs is 5. The van der Waals surface area contributed by atoms with E-state index >= 15 is 4.39 Å². The number of carbonyl (C=O) groups is 4. The van der Waals surface area contributed by atoms with Crippen molar-refractivity contribution in [1.29, 1.82) is 0 Å². The maximum Gasteiger partial charge on any atom is 0.375 e. The van der Waals surface area contributed by atoms with Gasteiger partial charge >= 0.3 is 11.9 Å². The highest BCUT2D eigenvalue weighted by Gasteiger charge is 2.76. The molecule has 4 aliphatic rings. The molecule has 0 saturated heterocycles. The van der Waals surface area contributed by atoms with Crippen LogP contribution in [-0.2, 0) is 23.9 Å². The fourth-order valence-corrected chi connectivity index (χ4v) is 10.0. The van der Waals surface area contributed by atoms with Crippen LogP contribution in [0.5, 0.6) is 0 Å². The van der Waals surface area contributed by atoms with Crippen LogP contribution in [0.15, 0.2) is 46.6 Å². The Hall–Kier alpha value is -3.23. The van der Waals surface area contributed by atoms with Gasteiger partial charge in [-0.3, -0.25) is 14.4 Å². The first kappa shape index (κ1) is 35.1. The third kappa shape index (κ3) is 5.69. The minimum Gasteiger partial charge on any atom is -0.457 e. The van der Waals surface area contributed by atoms with Gasteiger partial charge in [-0.05, 0) is 74.8 Å². The Kier molecular flexibility index (Phi) is 9.21. The van der Waals surface area contributed by atoms with E-state index < -0.39 is 75.1 Å².